The van der Waals surface area contributed by atoms with Gasteiger partial charge in [-0.15, -0.1) is 0 Å². The molecule has 1 amide bonds. The lowest BCUT2D eigenvalue weighted by molar-refractivity contribution is -0.119. The third-order valence-electron chi connectivity index (χ3n) is 8.27. The number of hydrogen-bond donors (Lipinski definition) is 2. The molecule has 4 aromatic carbocycles. The van der Waals surface area contributed by atoms with Crippen molar-refractivity contribution in [3.05, 3.63) is 123 Å². The van der Waals surface area contributed by atoms with Gasteiger partial charge in [-0.25, -0.2) is 35.2 Å². The fourth-order valence-corrected chi connectivity index (χ4v) is 7.01. The minimum Gasteiger partial charge on any atom is -0.507 e. The molecule has 264 valence electrons. The summed E-state index contributed by atoms with van der Waals surface area (Å²) in [6.45, 7) is 1.75. The van der Waals surface area contributed by atoms with Crippen molar-refractivity contribution in [1.29, 1.82) is 0 Å². The Bertz CT molecular complexity index is 2040. The number of carboxylic acids is 1. The maximum absolute atomic E-state index is 14.9. The highest BCUT2D eigenvalue weighted by Gasteiger charge is 2.39. The Morgan fingerprint density at radius 3 is 1.98 bits per heavy atom. The average Bonchev–Trinajstić information content (AvgIpc) is 3.91. The monoisotopic (exact) mass is 736 g/mol. The van der Waals surface area contributed by atoms with Crippen molar-refractivity contribution in [2.75, 3.05) is 11.4 Å². The summed E-state index contributed by atoms with van der Waals surface area (Å²) in [7, 11) is -5.64. The molecule has 0 spiro atoms. The van der Waals surface area contributed by atoms with Gasteiger partial charge in [0.05, 0.1) is 13.1 Å². The van der Waals surface area contributed by atoms with Crippen molar-refractivity contribution in [1.82, 2.24) is 4.31 Å². The molecule has 15 heteroatoms. The van der Waals surface area contributed by atoms with Gasteiger partial charge in [0.2, 0.25) is 21.7 Å². The van der Waals surface area contributed by atoms with E-state index in [2.05, 4.69) is 6.07 Å². The minimum atomic E-state index is -5.64. The summed E-state index contributed by atoms with van der Waals surface area (Å²) in [6, 6.07) is 14.4. The van der Waals surface area contributed by atoms with E-state index in [1.165, 1.54) is 30.3 Å². The lowest BCUT2D eigenvalue weighted by Crippen LogP contribution is -2.43. The molecule has 8 nitrogen and oxygen atoms in total. The fourth-order valence-electron chi connectivity index (χ4n) is 5.39. The smallest absolute Gasteiger partial charge is 0.339 e. The van der Waals surface area contributed by atoms with E-state index < -0.39 is 80.3 Å². The average molecular weight is 737 g/mol. The second-order valence-electron chi connectivity index (χ2n) is 12.2. The van der Waals surface area contributed by atoms with Crippen LogP contribution in [0.2, 0.25) is 5.02 Å². The van der Waals surface area contributed by atoms with Crippen LogP contribution in [-0.4, -0.2) is 41.4 Å². The molecular formula is C35H30ClF5N2O6S. The first-order valence-electron chi connectivity index (χ1n) is 15.3. The van der Waals surface area contributed by atoms with Gasteiger partial charge in [0.15, 0.2) is 28.2 Å². The normalized spacial score (nSPS) is 13.2. The molecule has 5 rings (SSSR count). The van der Waals surface area contributed by atoms with Crippen molar-refractivity contribution < 1.29 is 50.2 Å². The molecule has 0 radical (unpaired) electrons. The zero-order valence-corrected chi connectivity index (χ0v) is 28.1. The molecule has 0 bridgehead atoms. The summed E-state index contributed by atoms with van der Waals surface area (Å²) in [6.07, 6.45) is 1.92. The highest BCUT2D eigenvalue weighted by Crippen LogP contribution is 2.41. The molecule has 4 aromatic rings. The van der Waals surface area contributed by atoms with Gasteiger partial charge in [-0.1, -0.05) is 55.8 Å². The molecule has 0 heterocycles. The van der Waals surface area contributed by atoms with Gasteiger partial charge in [-0.3, -0.25) is 4.79 Å². The molecule has 2 N–H and O–H groups in total. The summed E-state index contributed by atoms with van der Waals surface area (Å²) >= 11 is 5.94. The number of carbonyl (C=O) groups is 2. The van der Waals surface area contributed by atoms with E-state index in [9.17, 15) is 50.2 Å². The lowest BCUT2D eigenvalue weighted by atomic mass is 9.95. The summed E-state index contributed by atoms with van der Waals surface area (Å²) in [5.41, 5.74) is 2.14. The Labute approximate surface area is 289 Å². The lowest BCUT2D eigenvalue weighted by Gasteiger charge is -2.28. The first-order chi connectivity index (χ1) is 23.5. The van der Waals surface area contributed by atoms with Crippen LogP contribution >= 0.6 is 11.6 Å². The summed E-state index contributed by atoms with van der Waals surface area (Å²) in [5.74, 6) is -15.6. The molecule has 0 unspecified atom stereocenters. The number of aromatic carboxylic acids is 1. The summed E-state index contributed by atoms with van der Waals surface area (Å²) in [5, 5.41) is 20.2. The van der Waals surface area contributed by atoms with Crippen LogP contribution in [-0.2, 0) is 27.9 Å². The maximum atomic E-state index is 14.9. The van der Waals surface area contributed by atoms with Gasteiger partial charge in [0, 0.05) is 23.3 Å². The van der Waals surface area contributed by atoms with E-state index in [-0.39, 0.29) is 33.0 Å². The molecule has 1 saturated carbocycles. The molecular weight excluding hydrogens is 707 g/mol. The quantitative estimate of drug-likeness (QED) is 0.0870. The van der Waals surface area contributed by atoms with Crippen LogP contribution in [0.5, 0.6) is 5.75 Å². The van der Waals surface area contributed by atoms with Gasteiger partial charge in [-0.2, -0.15) is 4.31 Å². The number of benzene rings is 4. The Hall–Kier alpha value is -4.53. The zero-order valence-electron chi connectivity index (χ0n) is 26.6. The summed E-state index contributed by atoms with van der Waals surface area (Å²) < 4.78 is 100. The largest absolute Gasteiger partial charge is 0.507 e. The van der Waals surface area contributed by atoms with Crippen LogP contribution in [0.4, 0.5) is 27.6 Å². The van der Waals surface area contributed by atoms with Crippen molar-refractivity contribution >= 4 is 39.2 Å². The SMILES string of the molecule is CC(C)c1cc(CN(C(=O)CN(Cc2ccc(Cl)cc2)S(=O)(=O)c2c(F)c(F)c(F)c(F)c2F)c2ccc(C(=O)O)c(O)c2)cc(C2CC2)c1. The molecule has 0 saturated heterocycles. The highest BCUT2D eigenvalue weighted by molar-refractivity contribution is 7.89. The van der Waals surface area contributed by atoms with Crippen molar-refractivity contribution in [2.45, 2.75) is 56.5 Å². The number of sulfonamides is 1. The van der Waals surface area contributed by atoms with E-state index in [1.807, 2.05) is 26.0 Å². The maximum Gasteiger partial charge on any atom is 0.339 e. The Morgan fingerprint density at radius 2 is 1.44 bits per heavy atom. The van der Waals surface area contributed by atoms with Crippen molar-refractivity contribution in [2.24, 2.45) is 0 Å². The predicted molar refractivity (Wildman–Crippen MR) is 174 cm³/mol. The molecule has 50 heavy (non-hydrogen) atoms. The van der Waals surface area contributed by atoms with Gasteiger partial charge >= 0.3 is 5.97 Å². The number of anilines is 1. The van der Waals surface area contributed by atoms with Crippen molar-refractivity contribution in [3.63, 3.8) is 0 Å². The van der Waals surface area contributed by atoms with Gasteiger partial charge < -0.3 is 15.1 Å². The third-order valence-corrected chi connectivity index (χ3v) is 10.3. The molecule has 1 aliphatic carbocycles. The molecule has 0 aliphatic heterocycles. The Balaban J connectivity index is 1.62. The number of nitrogens with zero attached hydrogens (tertiary/aromatic N) is 2. The van der Waals surface area contributed by atoms with Gasteiger partial charge in [0.25, 0.3) is 0 Å². The zero-order chi connectivity index (χ0) is 36.7. The number of rotatable bonds is 12. The molecule has 1 fully saturated rings. The number of aromatic hydroxyl groups is 1. The second kappa shape index (κ2) is 14.4. The van der Waals surface area contributed by atoms with Crippen LogP contribution in [0, 0.1) is 29.1 Å². The number of hydrogen-bond acceptors (Lipinski definition) is 5. The number of halogens is 6. The second-order valence-corrected chi connectivity index (χ2v) is 14.5. The van der Waals surface area contributed by atoms with E-state index >= 15 is 0 Å². The van der Waals surface area contributed by atoms with E-state index in [0.717, 1.165) is 41.0 Å². The Morgan fingerprint density at radius 1 is 0.840 bits per heavy atom. The Kier molecular flexibility index (Phi) is 10.6. The minimum absolute atomic E-state index is 0.0690. The van der Waals surface area contributed by atoms with Crippen LogP contribution < -0.4 is 4.90 Å². The van der Waals surface area contributed by atoms with Crippen molar-refractivity contribution in [3.8, 4) is 5.75 Å². The highest BCUT2D eigenvalue weighted by atomic mass is 35.5. The van der Waals surface area contributed by atoms with E-state index in [4.69, 9.17) is 11.6 Å². The standard InChI is InChI=1S/C35H30ClF5N2O6S/c1-18(2)22-11-20(12-23(13-22)21-5-6-21)16-43(25-9-10-26(35(46)47)27(44)14-25)28(45)17-42(15-19-3-7-24(36)8-4-19)50(48,49)34-32(40)30(38)29(37)31(39)33(34)41/h3-4,7-14,18,21,44H,5-6,15-17H2,1-2H3,(H,46,47). The summed E-state index contributed by atoms with van der Waals surface area (Å²) in [4.78, 5) is 24.7. The van der Waals surface area contributed by atoms with Crippen LogP contribution in [0.3, 0.4) is 0 Å². The predicted octanol–water partition coefficient (Wildman–Crippen LogP) is 7.86. The molecule has 1 aliphatic rings. The number of amides is 1. The van der Waals surface area contributed by atoms with Gasteiger partial charge in [-0.05, 0) is 71.2 Å². The van der Waals surface area contributed by atoms with E-state index in [1.54, 1.807) is 0 Å². The number of carbonyl (C=O) groups excluding carboxylic acids is 1. The number of phenols is 1. The van der Waals surface area contributed by atoms with Crippen LogP contribution in [0.25, 0.3) is 0 Å². The van der Waals surface area contributed by atoms with Crippen LogP contribution in [0.15, 0.2) is 65.6 Å². The van der Waals surface area contributed by atoms with Crippen LogP contribution in [0.1, 0.15) is 71.1 Å². The molecule has 0 aromatic heterocycles. The fraction of sp³-hybridized carbons (Fsp3) is 0.257. The topological polar surface area (TPSA) is 115 Å². The molecule has 0 atom stereocenters. The first-order valence-corrected chi connectivity index (χ1v) is 17.1. The van der Waals surface area contributed by atoms with Gasteiger partial charge in [0.1, 0.15) is 11.3 Å². The first kappa shape index (κ1) is 36.7. The van der Waals surface area contributed by atoms with E-state index in [0.29, 0.717) is 11.5 Å². The number of carboxylic acid groups (broad SMARTS) is 1. The third kappa shape index (κ3) is 7.62.